The maximum Gasteiger partial charge on any atom is 0.304 e. The third-order valence-corrected chi connectivity index (χ3v) is 3.76. The Hall–Kier alpha value is -2.09. The van der Waals surface area contributed by atoms with Gasteiger partial charge in [-0.1, -0.05) is 48.0 Å². The quantitative estimate of drug-likeness (QED) is 0.901. The molecule has 2 aromatic carbocycles. The van der Waals surface area contributed by atoms with Crippen LogP contribution < -0.4 is 0 Å². The summed E-state index contributed by atoms with van der Waals surface area (Å²) in [5, 5.41) is 9.20. The van der Waals surface area contributed by atoms with Crippen molar-refractivity contribution >= 4 is 5.97 Å². The van der Waals surface area contributed by atoms with Crippen molar-refractivity contribution in [1.82, 2.24) is 0 Å². The monoisotopic (exact) mass is 268 g/mol. The molecule has 0 aromatic heterocycles. The molecule has 0 heterocycles. The van der Waals surface area contributed by atoms with Crippen LogP contribution in [-0.4, -0.2) is 11.1 Å². The van der Waals surface area contributed by atoms with Gasteiger partial charge in [-0.15, -0.1) is 0 Å². The van der Waals surface area contributed by atoms with Crippen molar-refractivity contribution < 1.29 is 9.90 Å². The third-order valence-electron chi connectivity index (χ3n) is 3.76. The van der Waals surface area contributed by atoms with Gasteiger partial charge in [-0.05, 0) is 43.0 Å². The van der Waals surface area contributed by atoms with E-state index in [-0.39, 0.29) is 12.3 Å². The highest BCUT2D eigenvalue weighted by molar-refractivity contribution is 5.69. The summed E-state index contributed by atoms with van der Waals surface area (Å²) in [5.41, 5.74) is 5.72. The molecule has 0 saturated heterocycles. The van der Waals surface area contributed by atoms with Crippen molar-refractivity contribution in [2.24, 2.45) is 0 Å². The zero-order valence-corrected chi connectivity index (χ0v) is 12.2. The first kappa shape index (κ1) is 14.3. The van der Waals surface area contributed by atoms with Gasteiger partial charge in [0.05, 0.1) is 6.42 Å². The smallest absolute Gasteiger partial charge is 0.304 e. The van der Waals surface area contributed by atoms with Crippen LogP contribution in [0.25, 0.3) is 0 Å². The lowest BCUT2D eigenvalue weighted by molar-refractivity contribution is -0.137. The van der Waals surface area contributed by atoms with E-state index < -0.39 is 5.97 Å². The highest BCUT2D eigenvalue weighted by Crippen LogP contribution is 2.29. The van der Waals surface area contributed by atoms with Crippen LogP contribution in [0, 0.1) is 20.8 Å². The van der Waals surface area contributed by atoms with Gasteiger partial charge < -0.3 is 5.11 Å². The second-order valence-electron chi connectivity index (χ2n) is 5.41. The van der Waals surface area contributed by atoms with E-state index in [1.807, 2.05) is 31.2 Å². The molecule has 1 unspecified atom stereocenters. The number of benzene rings is 2. The molecule has 0 aliphatic rings. The molecule has 2 nitrogen and oxygen atoms in total. The minimum Gasteiger partial charge on any atom is -0.481 e. The van der Waals surface area contributed by atoms with E-state index in [0.717, 1.165) is 16.7 Å². The van der Waals surface area contributed by atoms with Crippen LogP contribution in [0.15, 0.2) is 42.5 Å². The zero-order chi connectivity index (χ0) is 14.7. The van der Waals surface area contributed by atoms with Crippen LogP contribution in [0.1, 0.15) is 40.2 Å². The first-order chi connectivity index (χ1) is 9.47. The lowest BCUT2D eigenvalue weighted by Crippen LogP contribution is -2.08. The number of carboxylic acid groups (broad SMARTS) is 1. The summed E-state index contributed by atoms with van der Waals surface area (Å²) in [4.78, 5) is 11.2. The van der Waals surface area contributed by atoms with E-state index in [2.05, 4.69) is 32.0 Å². The molecular formula is C18H20O2. The zero-order valence-electron chi connectivity index (χ0n) is 12.2. The average molecular weight is 268 g/mol. The minimum atomic E-state index is -0.769. The molecule has 0 spiro atoms. The van der Waals surface area contributed by atoms with Gasteiger partial charge in [-0.25, -0.2) is 0 Å². The van der Waals surface area contributed by atoms with E-state index in [0.29, 0.717) is 0 Å². The van der Waals surface area contributed by atoms with Gasteiger partial charge in [0.15, 0.2) is 0 Å². The molecule has 0 radical (unpaired) electrons. The van der Waals surface area contributed by atoms with Crippen molar-refractivity contribution in [3.8, 4) is 0 Å². The first-order valence-electron chi connectivity index (χ1n) is 6.83. The lowest BCUT2D eigenvalue weighted by atomic mass is 9.86. The van der Waals surface area contributed by atoms with Gasteiger partial charge in [0.1, 0.15) is 0 Å². The fraction of sp³-hybridized carbons (Fsp3) is 0.278. The predicted octanol–water partition coefficient (Wildman–Crippen LogP) is 4.22. The fourth-order valence-electron chi connectivity index (χ4n) is 2.47. The normalized spacial score (nSPS) is 12.2. The summed E-state index contributed by atoms with van der Waals surface area (Å²) in [6, 6.07) is 14.3. The van der Waals surface area contributed by atoms with Crippen LogP contribution in [-0.2, 0) is 4.79 Å². The van der Waals surface area contributed by atoms with Gasteiger partial charge >= 0.3 is 5.97 Å². The average Bonchev–Trinajstić information content (AvgIpc) is 2.39. The van der Waals surface area contributed by atoms with Crippen LogP contribution >= 0.6 is 0 Å². The maximum absolute atomic E-state index is 11.2. The van der Waals surface area contributed by atoms with Crippen LogP contribution in [0.4, 0.5) is 0 Å². The Morgan fingerprint density at radius 3 is 2.30 bits per heavy atom. The van der Waals surface area contributed by atoms with Crippen LogP contribution in [0.5, 0.6) is 0 Å². The Labute approximate surface area is 120 Å². The Balaban J connectivity index is 2.46. The van der Waals surface area contributed by atoms with Crippen molar-refractivity contribution in [1.29, 1.82) is 0 Å². The van der Waals surface area contributed by atoms with E-state index in [4.69, 9.17) is 0 Å². The van der Waals surface area contributed by atoms with E-state index in [1.165, 1.54) is 11.1 Å². The highest BCUT2D eigenvalue weighted by atomic mass is 16.4. The van der Waals surface area contributed by atoms with Crippen molar-refractivity contribution in [2.75, 3.05) is 0 Å². The minimum absolute atomic E-state index is 0.0910. The molecule has 0 aliphatic carbocycles. The SMILES string of the molecule is Cc1cccc(C(CC(=O)O)c2ccc(C)c(C)c2)c1. The second kappa shape index (κ2) is 5.91. The lowest BCUT2D eigenvalue weighted by Gasteiger charge is -2.18. The molecule has 2 heteroatoms. The summed E-state index contributed by atoms with van der Waals surface area (Å²) >= 11 is 0. The van der Waals surface area contributed by atoms with Gasteiger partial charge in [0.25, 0.3) is 0 Å². The summed E-state index contributed by atoms with van der Waals surface area (Å²) in [7, 11) is 0. The molecule has 1 atom stereocenters. The van der Waals surface area contributed by atoms with Gasteiger partial charge in [-0.2, -0.15) is 0 Å². The molecule has 1 N–H and O–H groups in total. The third kappa shape index (κ3) is 3.27. The standard InChI is InChI=1S/C18H20O2/c1-12-5-4-6-15(9-12)17(11-18(19)20)16-8-7-13(2)14(3)10-16/h4-10,17H,11H2,1-3H3,(H,19,20). The first-order valence-corrected chi connectivity index (χ1v) is 6.83. The van der Waals surface area contributed by atoms with Crippen molar-refractivity contribution in [3.63, 3.8) is 0 Å². The molecule has 0 aliphatic heterocycles. The molecule has 2 rings (SSSR count). The topological polar surface area (TPSA) is 37.3 Å². The molecule has 104 valence electrons. The Morgan fingerprint density at radius 2 is 1.70 bits per heavy atom. The fourth-order valence-corrected chi connectivity index (χ4v) is 2.47. The molecule has 20 heavy (non-hydrogen) atoms. The number of hydrogen-bond acceptors (Lipinski definition) is 1. The second-order valence-corrected chi connectivity index (χ2v) is 5.41. The number of carbonyl (C=O) groups is 1. The Kier molecular flexibility index (Phi) is 4.23. The Bertz CT molecular complexity index is 629. The van der Waals surface area contributed by atoms with Crippen LogP contribution in [0.3, 0.4) is 0 Å². The highest BCUT2D eigenvalue weighted by Gasteiger charge is 2.18. The summed E-state index contributed by atoms with van der Waals surface area (Å²) < 4.78 is 0. The van der Waals surface area contributed by atoms with E-state index >= 15 is 0 Å². The molecule has 0 amide bonds. The Morgan fingerprint density at radius 1 is 1.00 bits per heavy atom. The largest absolute Gasteiger partial charge is 0.481 e. The van der Waals surface area contributed by atoms with Gasteiger partial charge in [0.2, 0.25) is 0 Å². The molecule has 0 bridgehead atoms. The summed E-state index contributed by atoms with van der Waals surface area (Å²) in [5.74, 6) is -0.860. The molecular weight excluding hydrogens is 248 g/mol. The van der Waals surface area contributed by atoms with E-state index in [9.17, 15) is 9.90 Å². The summed E-state index contributed by atoms with van der Waals surface area (Å²) in [6.45, 7) is 6.16. The van der Waals surface area contributed by atoms with Crippen molar-refractivity contribution in [3.05, 3.63) is 70.3 Å². The number of carboxylic acids is 1. The molecule has 2 aromatic rings. The summed E-state index contributed by atoms with van der Waals surface area (Å²) in [6.07, 6.45) is 0.117. The van der Waals surface area contributed by atoms with Gasteiger partial charge in [-0.3, -0.25) is 4.79 Å². The maximum atomic E-state index is 11.2. The number of aliphatic carboxylic acids is 1. The van der Waals surface area contributed by atoms with E-state index in [1.54, 1.807) is 0 Å². The number of aryl methyl sites for hydroxylation is 3. The van der Waals surface area contributed by atoms with Gasteiger partial charge in [0, 0.05) is 5.92 Å². The number of hydrogen-bond donors (Lipinski definition) is 1. The number of rotatable bonds is 4. The molecule has 0 fully saturated rings. The van der Waals surface area contributed by atoms with Crippen molar-refractivity contribution in [2.45, 2.75) is 33.1 Å². The van der Waals surface area contributed by atoms with Crippen LogP contribution in [0.2, 0.25) is 0 Å². The molecule has 0 saturated carbocycles. The predicted molar refractivity (Wildman–Crippen MR) is 81.2 cm³/mol.